The maximum absolute atomic E-state index is 5.32. The van der Waals surface area contributed by atoms with Gasteiger partial charge < -0.3 is 10.1 Å². The molecule has 0 radical (unpaired) electrons. The summed E-state index contributed by atoms with van der Waals surface area (Å²) in [5.74, 6) is 0.727. The Morgan fingerprint density at radius 3 is 2.89 bits per heavy atom. The summed E-state index contributed by atoms with van der Waals surface area (Å²) in [7, 11) is 1.67. The van der Waals surface area contributed by atoms with Gasteiger partial charge in [-0.15, -0.1) is 11.3 Å². The van der Waals surface area contributed by atoms with Gasteiger partial charge in [-0.05, 0) is 18.4 Å². The number of methoxy groups -OCH3 is 1. The van der Waals surface area contributed by atoms with E-state index in [9.17, 15) is 0 Å². The number of rotatable bonds is 5. The van der Waals surface area contributed by atoms with Crippen LogP contribution in [0.3, 0.4) is 0 Å². The van der Waals surface area contributed by atoms with E-state index in [0.29, 0.717) is 5.41 Å². The van der Waals surface area contributed by atoms with Crippen molar-refractivity contribution < 1.29 is 4.74 Å². The van der Waals surface area contributed by atoms with Gasteiger partial charge in [0.2, 0.25) is 5.88 Å². The number of thiazole rings is 1. The number of ether oxygens (including phenoxy) is 1. The summed E-state index contributed by atoms with van der Waals surface area (Å²) in [6.45, 7) is 8.56. The fourth-order valence-corrected chi connectivity index (χ4v) is 2.53. The van der Waals surface area contributed by atoms with Gasteiger partial charge in [0, 0.05) is 18.1 Å². The molecule has 0 saturated heterocycles. The molecule has 1 N–H and O–H groups in total. The highest BCUT2D eigenvalue weighted by atomic mass is 32.1. The van der Waals surface area contributed by atoms with Gasteiger partial charge in [0.05, 0.1) is 7.11 Å². The molecule has 0 aliphatic heterocycles. The first-order valence-corrected chi connectivity index (χ1v) is 7.08. The first-order valence-electron chi connectivity index (χ1n) is 6.20. The number of hydrogen-bond donors (Lipinski definition) is 1. The largest absolute Gasteiger partial charge is 0.480 e. The number of imidazole rings is 1. The van der Waals surface area contributed by atoms with E-state index in [0.717, 1.165) is 36.0 Å². The van der Waals surface area contributed by atoms with Crippen LogP contribution in [0.5, 0.6) is 5.88 Å². The van der Waals surface area contributed by atoms with Crippen LogP contribution < -0.4 is 10.1 Å². The Kier molecular flexibility index (Phi) is 3.92. The average molecular weight is 267 g/mol. The number of fused-ring (bicyclic) bond motifs is 1. The molecule has 0 aromatic carbocycles. The molecule has 0 atom stereocenters. The maximum atomic E-state index is 5.32. The molecule has 2 heterocycles. The van der Waals surface area contributed by atoms with E-state index in [4.69, 9.17) is 4.74 Å². The first kappa shape index (κ1) is 13.4. The van der Waals surface area contributed by atoms with Crippen LogP contribution in [-0.2, 0) is 6.54 Å². The second-order valence-corrected chi connectivity index (χ2v) is 6.48. The molecule has 0 bridgehead atoms. The monoisotopic (exact) mass is 267 g/mol. The zero-order valence-corrected chi connectivity index (χ0v) is 12.3. The van der Waals surface area contributed by atoms with Crippen molar-refractivity contribution in [3.63, 3.8) is 0 Å². The van der Waals surface area contributed by atoms with Crippen LogP contribution in [0.2, 0.25) is 0 Å². The first-order chi connectivity index (χ1) is 8.51. The van der Waals surface area contributed by atoms with Crippen LogP contribution in [0.25, 0.3) is 4.96 Å². The van der Waals surface area contributed by atoms with Gasteiger partial charge in [-0.25, -0.2) is 0 Å². The van der Waals surface area contributed by atoms with Crippen molar-refractivity contribution in [2.45, 2.75) is 33.7 Å². The van der Waals surface area contributed by atoms with E-state index >= 15 is 0 Å². The minimum Gasteiger partial charge on any atom is -0.480 e. The predicted octanol–water partition coefficient (Wildman–Crippen LogP) is 2.93. The van der Waals surface area contributed by atoms with Crippen LogP contribution >= 0.6 is 11.3 Å². The van der Waals surface area contributed by atoms with E-state index in [2.05, 4.69) is 35.5 Å². The Bertz CT molecular complexity index is 510. The summed E-state index contributed by atoms with van der Waals surface area (Å²) >= 11 is 1.63. The Hall–Kier alpha value is -1.07. The van der Waals surface area contributed by atoms with Gasteiger partial charge in [-0.3, -0.25) is 4.40 Å². The molecule has 0 saturated carbocycles. The van der Waals surface area contributed by atoms with Gasteiger partial charge in [-0.2, -0.15) is 4.98 Å². The second-order valence-electron chi connectivity index (χ2n) is 5.61. The quantitative estimate of drug-likeness (QED) is 0.847. The summed E-state index contributed by atoms with van der Waals surface area (Å²) in [6.07, 6.45) is 3.19. The zero-order valence-electron chi connectivity index (χ0n) is 11.5. The van der Waals surface area contributed by atoms with Crippen molar-refractivity contribution in [2.24, 2.45) is 5.41 Å². The van der Waals surface area contributed by atoms with Gasteiger partial charge in [0.1, 0.15) is 5.69 Å². The van der Waals surface area contributed by atoms with Gasteiger partial charge in [-0.1, -0.05) is 20.8 Å². The molecule has 0 amide bonds. The van der Waals surface area contributed by atoms with E-state index in [1.165, 1.54) is 0 Å². The highest BCUT2D eigenvalue weighted by molar-refractivity contribution is 7.15. The van der Waals surface area contributed by atoms with Crippen LogP contribution in [0.1, 0.15) is 32.9 Å². The molecule has 0 fully saturated rings. The Labute approximate surface area is 112 Å². The topological polar surface area (TPSA) is 38.6 Å². The molecular weight excluding hydrogens is 246 g/mol. The van der Waals surface area contributed by atoms with E-state index in [1.54, 1.807) is 18.4 Å². The third kappa shape index (κ3) is 3.03. The van der Waals surface area contributed by atoms with Crippen LogP contribution in [0.15, 0.2) is 11.6 Å². The zero-order chi connectivity index (χ0) is 13.2. The smallest absolute Gasteiger partial charge is 0.237 e. The van der Waals surface area contributed by atoms with Crippen LogP contribution in [0, 0.1) is 5.41 Å². The summed E-state index contributed by atoms with van der Waals surface area (Å²) in [5.41, 5.74) is 1.47. The molecule has 2 aromatic heterocycles. The molecule has 100 valence electrons. The second kappa shape index (κ2) is 5.28. The normalized spacial score (nSPS) is 12.2. The molecule has 2 aromatic rings. The summed E-state index contributed by atoms with van der Waals surface area (Å²) < 4.78 is 7.41. The lowest BCUT2D eigenvalue weighted by Crippen LogP contribution is -2.21. The Morgan fingerprint density at radius 1 is 1.44 bits per heavy atom. The fraction of sp³-hybridized carbons (Fsp3) is 0.615. The summed E-state index contributed by atoms with van der Waals surface area (Å²) in [5, 5.41) is 5.51. The van der Waals surface area contributed by atoms with Crippen molar-refractivity contribution >= 4 is 16.3 Å². The van der Waals surface area contributed by atoms with Crippen molar-refractivity contribution in [1.82, 2.24) is 14.7 Å². The molecule has 5 heteroatoms. The van der Waals surface area contributed by atoms with E-state index in [1.807, 2.05) is 11.6 Å². The van der Waals surface area contributed by atoms with E-state index in [-0.39, 0.29) is 0 Å². The summed E-state index contributed by atoms with van der Waals surface area (Å²) in [4.78, 5) is 5.42. The van der Waals surface area contributed by atoms with Gasteiger partial charge >= 0.3 is 0 Å². The Balaban J connectivity index is 2.00. The lowest BCUT2D eigenvalue weighted by atomic mass is 9.92. The number of hydrogen-bond acceptors (Lipinski definition) is 4. The lowest BCUT2D eigenvalue weighted by molar-refractivity contribution is 0.362. The molecule has 0 aliphatic carbocycles. The standard InChI is InChI=1S/C13H21N3OS/c1-13(2,3)5-6-14-9-10-11(17-4)15-12-16(10)7-8-18-12/h7-8,14H,5-6,9H2,1-4H3. The lowest BCUT2D eigenvalue weighted by Gasteiger charge is -2.18. The fourth-order valence-electron chi connectivity index (χ4n) is 1.81. The van der Waals surface area contributed by atoms with Gasteiger partial charge in [0.15, 0.2) is 4.96 Å². The molecule has 4 nitrogen and oxygen atoms in total. The Morgan fingerprint density at radius 2 is 2.22 bits per heavy atom. The van der Waals surface area contributed by atoms with Crippen molar-refractivity contribution in [1.29, 1.82) is 0 Å². The number of nitrogens with zero attached hydrogens (tertiary/aromatic N) is 2. The van der Waals surface area contributed by atoms with Crippen LogP contribution in [-0.4, -0.2) is 23.0 Å². The minimum atomic E-state index is 0.367. The highest BCUT2D eigenvalue weighted by Gasteiger charge is 2.14. The SMILES string of the molecule is COc1nc2sccn2c1CNCCC(C)(C)C. The number of nitrogens with one attached hydrogen (secondary N) is 1. The molecular formula is C13H21N3OS. The molecule has 0 aliphatic rings. The van der Waals surface area contributed by atoms with E-state index < -0.39 is 0 Å². The van der Waals surface area contributed by atoms with Crippen LogP contribution in [0.4, 0.5) is 0 Å². The van der Waals surface area contributed by atoms with Crippen molar-refractivity contribution in [3.8, 4) is 5.88 Å². The predicted molar refractivity (Wildman–Crippen MR) is 75.4 cm³/mol. The van der Waals surface area contributed by atoms with Crippen molar-refractivity contribution in [3.05, 3.63) is 17.3 Å². The third-order valence-corrected chi connectivity index (χ3v) is 3.62. The molecule has 2 rings (SSSR count). The molecule has 0 unspecified atom stereocenters. The minimum absolute atomic E-state index is 0.367. The maximum Gasteiger partial charge on any atom is 0.237 e. The average Bonchev–Trinajstić information content (AvgIpc) is 2.83. The van der Waals surface area contributed by atoms with Gasteiger partial charge in [0.25, 0.3) is 0 Å². The molecule has 0 spiro atoms. The number of aromatic nitrogens is 2. The third-order valence-electron chi connectivity index (χ3n) is 2.86. The molecule has 18 heavy (non-hydrogen) atoms. The van der Waals surface area contributed by atoms with Crippen molar-refractivity contribution in [2.75, 3.05) is 13.7 Å². The summed E-state index contributed by atoms with van der Waals surface area (Å²) in [6, 6.07) is 0. The highest BCUT2D eigenvalue weighted by Crippen LogP contribution is 2.23.